The molecule has 2 aromatic carbocycles. The Kier molecular flexibility index (Phi) is 6.84. The van der Waals surface area contributed by atoms with Crippen molar-refractivity contribution in [1.82, 2.24) is 19.9 Å². The molecule has 6 heteroatoms. The van der Waals surface area contributed by atoms with Gasteiger partial charge in [-0.3, -0.25) is 0 Å². The van der Waals surface area contributed by atoms with Gasteiger partial charge in [-0.25, -0.2) is 0 Å². The second kappa shape index (κ2) is 11.1. The minimum atomic E-state index is 0.530. The van der Waals surface area contributed by atoms with Gasteiger partial charge in [0.1, 0.15) is 0 Å². The Balaban J connectivity index is 1.51. The van der Waals surface area contributed by atoms with E-state index in [1.165, 1.54) is 0 Å². The molecule has 1 aliphatic rings. The standard InChI is InChI=1S/C36H32N4O2/c1-41-21-23-7-3-5-9-29(23)35-31-15-11-25(37-31)19-27-13-17-33(39-27)36(30-10-6-4-8-24(30)22-42-2)34-18-14-28(40-34)20-26-12-16-32(35)38-26/h3-20,37-40H,21-22H2,1-2H3/b25-19-,26-20?,27-19?,28-20-,35-31-,35-32?,36-33?,36-34-. The fourth-order valence-corrected chi connectivity index (χ4v) is 5.86. The minimum absolute atomic E-state index is 0.530. The highest BCUT2D eigenvalue weighted by molar-refractivity contribution is 5.81. The summed E-state index contributed by atoms with van der Waals surface area (Å²) in [5.74, 6) is 0. The van der Waals surface area contributed by atoms with E-state index in [2.05, 4.69) is 129 Å². The van der Waals surface area contributed by atoms with Crippen LogP contribution in [0.15, 0.2) is 97.1 Å². The van der Waals surface area contributed by atoms with Crippen LogP contribution >= 0.6 is 0 Å². The first-order chi connectivity index (χ1) is 20.7. The average molecular weight is 553 g/mol. The van der Waals surface area contributed by atoms with Gasteiger partial charge in [-0.1, -0.05) is 48.5 Å². The van der Waals surface area contributed by atoms with Crippen molar-refractivity contribution in [2.75, 3.05) is 14.2 Å². The van der Waals surface area contributed by atoms with Crippen molar-refractivity contribution in [2.24, 2.45) is 0 Å². The molecule has 7 rings (SSSR count). The summed E-state index contributed by atoms with van der Waals surface area (Å²) in [6.45, 7) is 1.06. The quantitative estimate of drug-likeness (QED) is 0.254. The van der Waals surface area contributed by atoms with Crippen molar-refractivity contribution in [1.29, 1.82) is 0 Å². The maximum absolute atomic E-state index is 5.56. The number of benzene rings is 2. The minimum Gasteiger partial charge on any atom is -0.380 e. The van der Waals surface area contributed by atoms with Gasteiger partial charge in [-0.2, -0.15) is 0 Å². The van der Waals surface area contributed by atoms with E-state index < -0.39 is 0 Å². The van der Waals surface area contributed by atoms with E-state index >= 15 is 0 Å². The molecule has 4 aromatic heterocycles. The second-order valence-electron chi connectivity index (χ2n) is 10.5. The first-order valence-electron chi connectivity index (χ1n) is 14.1. The van der Waals surface area contributed by atoms with Crippen LogP contribution in [-0.4, -0.2) is 34.2 Å². The zero-order chi connectivity index (χ0) is 28.5. The number of H-pyrrole nitrogens is 4. The number of nitrogens with one attached hydrogen (secondary N) is 4. The molecule has 0 saturated heterocycles. The Hall–Kier alpha value is -5.04. The summed E-state index contributed by atoms with van der Waals surface area (Å²) in [6, 6.07) is 33.9. The summed E-state index contributed by atoms with van der Waals surface area (Å²) in [5.41, 5.74) is 10.8. The van der Waals surface area contributed by atoms with Gasteiger partial charge in [0.15, 0.2) is 0 Å². The van der Waals surface area contributed by atoms with E-state index in [1.54, 1.807) is 14.2 Å². The van der Waals surface area contributed by atoms with Crippen molar-refractivity contribution in [3.05, 3.63) is 163 Å². The predicted molar refractivity (Wildman–Crippen MR) is 166 cm³/mol. The highest BCUT2D eigenvalue weighted by atomic mass is 16.5. The highest BCUT2D eigenvalue weighted by Gasteiger charge is 2.15. The molecule has 4 N–H and O–H groups in total. The van der Waals surface area contributed by atoms with Gasteiger partial charge in [0.2, 0.25) is 0 Å². The predicted octanol–water partition coefficient (Wildman–Crippen LogP) is 3.76. The lowest BCUT2D eigenvalue weighted by Crippen LogP contribution is -2.16. The number of hydrogen-bond acceptors (Lipinski definition) is 2. The summed E-state index contributed by atoms with van der Waals surface area (Å²) in [4.78, 5) is 14.7. The third kappa shape index (κ3) is 4.87. The third-order valence-corrected chi connectivity index (χ3v) is 7.71. The van der Waals surface area contributed by atoms with Crippen LogP contribution in [0.1, 0.15) is 45.0 Å². The van der Waals surface area contributed by atoms with Crippen molar-refractivity contribution in [2.45, 2.75) is 13.2 Å². The normalized spacial score (nSPS) is 16.9. The first kappa shape index (κ1) is 25.9. The lowest BCUT2D eigenvalue weighted by atomic mass is 9.97. The lowest BCUT2D eigenvalue weighted by molar-refractivity contribution is 0.184. The number of aromatic amines is 4. The molecule has 0 radical (unpaired) electrons. The molecule has 0 amide bonds. The molecule has 0 spiro atoms. The van der Waals surface area contributed by atoms with Crippen LogP contribution in [0.25, 0.3) is 23.3 Å². The molecule has 0 saturated carbocycles. The van der Waals surface area contributed by atoms with Gasteiger partial charge in [0, 0.05) is 69.5 Å². The van der Waals surface area contributed by atoms with Crippen molar-refractivity contribution in [3.63, 3.8) is 0 Å². The SMILES string of the molecule is COCc1ccccc1/C1=c2\cc/c([nH]2)=C/c2ccc([nH]2)/C(c2ccccc2COC)=c2/cc/c([nH]2)=C/c2ccc1[nH]2. The summed E-state index contributed by atoms with van der Waals surface area (Å²) in [6.07, 6.45) is 4.29. The molecule has 0 fully saturated rings. The molecule has 1 aliphatic heterocycles. The second-order valence-corrected chi connectivity index (χ2v) is 10.5. The van der Waals surface area contributed by atoms with Crippen molar-refractivity contribution >= 4 is 23.3 Å². The zero-order valence-electron chi connectivity index (χ0n) is 23.6. The Morgan fingerprint density at radius 3 is 1.38 bits per heavy atom. The Morgan fingerprint density at radius 1 is 0.476 bits per heavy atom. The number of aromatic nitrogens is 4. The average Bonchev–Trinajstić information content (AvgIpc) is 3.82. The van der Waals surface area contributed by atoms with Gasteiger partial charge in [0.05, 0.1) is 13.2 Å². The van der Waals surface area contributed by atoms with Gasteiger partial charge in [0.25, 0.3) is 0 Å². The Morgan fingerprint density at radius 2 is 0.929 bits per heavy atom. The largest absolute Gasteiger partial charge is 0.380 e. The third-order valence-electron chi connectivity index (χ3n) is 7.71. The fourth-order valence-electron chi connectivity index (χ4n) is 5.86. The van der Waals surface area contributed by atoms with Gasteiger partial charge in [-0.15, -0.1) is 0 Å². The van der Waals surface area contributed by atoms with E-state index in [0.717, 1.165) is 77.6 Å². The van der Waals surface area contributed by atoms with Crippen molar-refractivity contribution in [3.8, 4) is 0 Å². The van der Waals surface area contributed by atoms with E-state index in [4.69, 9.17) is 9.47 Å². The molecule has 6 aromatic rings. The topological polar surface area (TPSA) is 81.6 Å². The van der Waals surface area contributed by atoms with Gasteiger partial charge >= 0.3 is 0 Å². The highest BCUT2D eigenvalue weighted by Crippen LogP contribution is 2.26. The van der Waals surface area contributed by atoms with Crippen LogP contribution in [-0.2, 0) is 22.7 Å². The maximum Gasteiger partial charge on any atom is 0.0719 e. The zero-order valence-corrected chi connectivity index (χ0v) is 23.6. The molecule has 6 nitrogen and oxygen atoms in total. The molecular formula is C36H32N4O2. The molecule has 0 atom stereocenters. The van der Waals surface area contributed by atoms with Crippen LogP contribution in [0, 0.1) is 0 Å². The molecular weight excluding hydrogens is 520 g/mol. The first-order valence-corrected chi connectivity index (χ1v) is 14.1. The molecule has 5 heterocycles. The monoisotopic (exact) mass is 552 g/mol. The Labute approximate surface area is 243 Å². The van der Waals surface area contributed by atoms with Crippen LogP contribution in [0.5, 0.6) is 0 Å². The van der Waals surface area contributed by atoms with Crippen LogP contribution in [0.2, 0.25) is 0 Å². The number of fused-ring (bicyclic) bond motifs is 8. The molecule has 0 unspecified atom stereocenters. The summed E-state index contributed by atoms with van der Waals surface area (Å²) in [5, 5.41) is 4.07. The summed E-state index contributed by atoms with van der Waals surface area (Å²) in [7, 11) is 3.47. The molecule has 0 aliphatic carbocycles. The van der Waals surface area contributed by atoms with Crippen LogP contribution in [0.3, 0.4) is 0 Å². The van der Waals surface area contributed by atoms with E-state index in [-0.39, 0.29) is 0 Å². The molecule has 8 bridgehead atoms. The Bertz CT molecular complexity index is 1980. The van der Waals surface area contributed by atoms with Gasteiger partial charge < -0.3 is 29.4 Å². The van der Waals surface area contributed by atoms with E-state index in [9.17, 15) is 0 Å². The fraction of sp³-hybridized carbons (Fsp3) is 0.111. The molecule has 42 heavy (non-hydrogen) atoms. The van der Waals surface area contributed by atoms with Crippen LogP contribution in [0.4, 0.5) is 0 Å². The van der Waals surface area contributed by atoms with E-state index in [0.29, 0.717) is 13.2 Å². The number of rotatable bonds is 6. The maximum atomic E-state index is 5.56. The smallest absolute Gasteiger partial charge is 0.0719 e. The molecule has 208 valence electrons. The summed E-state index contributed by atoms with van der Waals surface area (Å²) >= 11 is 0. The number of ether oxygens (including phenoxy) is 2. The van der Waals surface area contributed by atoms with E-state index in [1.807, 2.05) is 0 Å². The lowest BCUT2D eigenvalue weighted by Gasteiger charge is -2.12. The summed E-state index contributed by atoms with van der Waals surface area (Å²) < 4.78 is 11.1. The van der Waals surface area contributed by atoms with Gasteiger partial charge in [-0.05, 0) is 82.9 Å². The van der Waals surface area contributed by atoms with Crippen molar-refractivity contribution < 1.29 is 9.47 Å². The number of hydrogen-bond donors (Lipinski definition) is 4. The van der Waals surface area contributed by atoms with Crippen LogP contribution < -0.4 is 21.4 Å². The number of methoxy groups -OCH3 is 2.